The number of rotatable bonds is 3. The van der Waals surface area contributed by atoms with Gasteiger partial charge in [-0.25, -0.2) is 8.78 Å². The Morgan fingerprint density at radius 3 is 2.56 bits per heavy atom. The van der Waals surface area contributed by atoms with Crippen molar-refractivity contribution < 1.29 is 13.6 Å². The molecule has 0 aliphatic rings. The molecule has 2 nitrogen and oxygen atoms in total. The van der Waals surface area contributed by atoms with Gasteiger partial charge in [0.1, 0.15) is 7.11 Å². The van der Waals surface area contributed by atoms with Gasteiger partial charge in [-0.1, -0.05) is 5.16 Å². The molecule has 88 valence electrons. The summed E-state index contributed by atoms with van der Waals surface area (Å²) in [6, 6.07) is 2.84. The zero-order chi connectivity index (χ0) is 12.3. The Bertz CT molecular complexity index is 413. The van der Waals surface area contributed by atoms with E-state index in [0.717, 1.165) is 17.0 Å². The first-order valence-corrected chi connectivity index (χ1v) is 5.40. The number of aryl methyl sites for hydroxylation is 1. The summed E-state index contributed by atoms with van der Waals surface area (Å²) >= 11 is 3.32. The molecule has 0 aliphatic heterocycles. The molecule has 0 atom stereocenters. The smallest absolute Gasteiger partial charge is 0.270 e. The van der Waals surface area contributed by atoms with E-state index in [0.29, 0.717) is 5.56 Å². The van der Waals surface area contributed by atoms with E-state index in [1.807, 2.05) is 0 Å². The average molecular weight is 292 g/mol. The SMILES string of the molecule is CO/N=C/c1cc(C(C)(F)F)cc(C)c1Br. The van der Waals surface area contributed by atoms with E-state index in [-0.39, 0.29) is 5.56 Å². The maximum Gasteiger partial charge on any atom is 0.270 e. The molecule has 0 aliphatic carbocycles. The van der Waals surface area contributed by atoms with Crippen LogP contribution in [0.1, 0.15) is 23.6 Å². The summed E-state index contributed by atoms with van der Waals surface area (Å²) in [5, 5.41) is 3.57. The molecule has 0 radical (unpaired) electrons. The van der Waals surface area contributed by atoms with Crippen molar-refractivity contribution >= 4 is 22.1 Å². The number of hydrogen-bond acceptors (Lipinski definition) is 2. The van der Waals surface area contributed by atoms with Crippen LogP contribution in [-0.2, 0) is 10.8 Å². The fraction of sp³-hybridized carbons (Fsp3) is 0.364. The summed E-state index contributed by atoms with van der Waals surface area (Å²) in [6.45, 7) is 2.62. The number of benzene rings is 1. The highest BCUT2D eigenvalue weighted by Gasteiger charge is 2.25. The first kappa shape index (κ1) is 13.1. The van der Waals surface area contributed by atoms with Crippen molar-refractivity contribution in [3.05, 3.63) is 33.3 Å². The van der Waals surface area contributed by atoms with Crippen molar-refractivity contribution in [1.82, 2.24) is 0 Å². The van der Waals surface area contributed by atoms with E-state index in [1.54, 1.807) is 6.92 Å². The summed E-state index contributed by atoms with van der Waals surface area (Å²) < 4.78 is 27.1. The third kappa shape index (κ3) is 3.01. The van der Waals surface area contributed by atoms with E-state index in [4.69, 9.17) is 0 Å². The van der Waals surface area contributed by atoms with Crippen molar-refractivity contribution in [3.8, 4) is 0 Å². The molecule has 1 aromatic carbocycles. The van der Waals surface area contributed by atoms with Gasteiger partial charge >= 0.3 is 0 Å². The maximum absolute atomic E-state index is 13.2. The molecular weight excluding hydrogens is 280 g/mol. The predicted octanol–water partition coefficient (Wildman–Crippen LogP) is 3.85. The quantitative estimate of drug-likeness (QED) is 0.612. The molecule has 1 aromatic rings. The van der Waals surface area contributed by atoms with Gasteiger partial charge in [-0.3, -0.25) is 0 Å². The van der Waals surface area contributed by atoms with Crippen LogP contribution in [0.2, 0.25) is 0 Å². The monoisotopic (exact) mass is 291 g/mol. The second-order valence-electron chi connectivity index (χ2n) is 3.50. The van der Waals surface area contributed by atoms with Crippen LogP contribution in [0.3, 0.4) is 0 Å². The van der Waals surface area contributed by atoms with Gasteiger partial charge in [0.25, 0.3) is 5.92 Å². The molecule has 0 fully saturated rings. The number of halogens is 3. The lowest BCUT2D eigenvalue weighted by atomic mass is 10.0. The number of oxime groups is 1. The van der Waals surface area contributed by atoms with Crippen LogP contribution in [0.4, 0.5) is 8.78 Å². The van der Waals surface area contributed by atoms with Gasteiger partial charge < -0.3 is 4.84 Å². The van der Waals surface area contributed by atoms with Gasteiger partial charge in [0, 0.05) is 22.5 Å². The van der Waals surface area contributed by atoms with Gasteiger partial charge in [-0.05, 0) is 40.5 Å². The van der Waals surface area contributed by atoms with Crippen LogP contribution < -0.4 is 0 Å². The zero-order valence-corrected chi connectivity index (χ0v) is 10.8. The molecule has 0 saturated carbocycles. The Morgan fingerprint density at radius 2 is 2.06 bits per heavy atom. The summed E-state index contributed by atoms with van der Waals surface area (Å²) in [6.07, 6.45) is 1.40. The van der Waals surface area contributed by atoms with Crippen molar-refractivity contribution in [2.75, 3.05) is 7.11 Å². The molecule has 16 heavy (non-hydrogen) atoms. The average Bonchev–Trinajstić information content (AvgIpc) is 2.18. The molecule has 5 heteroatoms. The fourth-order valence-electron chi connectivity index (χ4n) is 1.25. The molecule has 0 bridgehead atoms. The summed E-state index contributed by atoms with van der Waals surface area (Å²) in [7, 11) is 1.40. The lowest BCUT2D eigenvalue weighted by Gasteiger charge is -2.13. The van der Waals surface area contributed by atoms with Crippen LogP contribution in [0.5, 0.6) is 0 Å². The normalized spacial score (nSPS) is 12.1. The maximum atomic E-state index is 13.2. The zero-order valence-electron chi connectivity index (χ0n) is 9.22. The molecule has 0 spiro atoms. The minimum Gasteiger partial charge on any atom is -0.399 e. The van der Waals surface area contributed by atoms with E-state index in [1.165, 1.54) is 25.5 Å². The number of alkyl halides is 2. The third-order valence-corrected chi connectivity index (χ3v) is 3.17. The molecule has 0 aromatic heterocycles. The Kier molecular flexibility index (Phi) is 4.02. The Hall–Kier alpha value is -0.970. The highest BCUT2D eigenvalue weighted by atomic mass is 79.9. The lowest BCUT2D eigenvalue weighted by Crippen LogP contribution is -2.08. The second kappa shape index (κ2) is 4.91. The van der Waals surface area contributed by atoms with Gasteiger partial charge in [0.05, 0.1) is 6.21 Å². The highest BCUT2D eigenvalue weighted by Crippen LogP contribution is 2.31. The van der Waals surface area contributed by atoms with Crippen LogP contribution >= 0.6 is 15.9 Å². The summed E-state index contributed by atoms with van der Waals surface area (Å²) in [5.74, 6) is -2.86. The molecule has 0 saturated heterocycles. The molecular formula is C11H12BrF2NO. The minimum atomic E-state index is -2.86. The van der Waals surface area contributed by atoms with Crippen molar-refractivity contribution in [3.63, 3.8) is 0 Å². The van der Waals surface area contributed by atoms with Crippen molar-refractivity contribution in [2.45, 2.75) is 19.8 Å². The van der Waals surface area contributed by atoms with Crippen LogP contribution in [0.25, 0.3) is 0 Å². The van der Waals surface area contributed by atoms with Crippen molar-refractivity contribution in [2.24, 2.45) is 5.16 Å². The number of hydrogen-bond donors (Lipinski definition) is 0. The lowest BCUT2D eigenvalue weighted by molar-refractivity contribution is 0.0174. The standard InChI is InChI=1S/C11H12BrF2NO/c1-7-4-9(11(2,13)14)5-8(10(7)12)6-15-16-3/h4-6H,1-3H3/b15-6+. The van der Waals surface area contributed by atoms with Crippen LogP contribution in [0, 0.1) is 6.92 Å². The van der Waals surface area contributed by atoms with Gasteiger partial charge in [0.2, 0.25) is 0 Å². The summed E-state index contributed by atoms with van der Waals surface area (Å²) in [4.78, 5) is 4.53. The minimum absolute atomic E-state index is 0.0363. The fourth-order valence-corrected chi connectivity index (χ4v) is 1.59. The highest BCUT2D eigenvalue weighted by molar-refractivity contribution is 9.10. The van der Waals surface area contributed by atoms with E-state index >= 15 is 0 Å². The topological polar surface area (TPSA) is 21.6 Å². The first-order valence-electron chi connectivity index (χ1n) is 4.61. The Balaban J connectivity index is 3.28. The molecule has 0 amide bonds. The summed E-state index contributed by atoms with van der Waals surface area (Å²) in [5.41, 5.74) is 1.26. The molecule has 0 N–H and O–H groups in total. The molecule has 0 unspecified atom stereocenters. The Morgan fingerprint density at radius 1 is 1.44 bits per heavy atom. The third-order valence-electron chi connectivity index (χ3n) is 2.09. The molecule has 1 rings (SSSR count). The largest absolute Gasteiger partial charge is 0.399 e. The Labute approximate surface area is 101 Å². The van der Waals surface area contributed by atoms with E-state index < -0.39 is 5.92 Å². The first-order chi connectivity index (χ1) is 7.36. The van der Waals surface area contributed by atoms with Crippen LogP contribution in [0.15, 0.2) is 21.8 Å². The van der Waals surface area contributed by atoms with E-state index in [2.05, 4.69) is 25.9 Å². The van der Waals surface area contributed by atoms with E-state index in [9.17, 15) is 8.78 Å². The number of nitrogens with zero attached hydrogens (tertiary/aromatic N) is 1. The second-order valence-corrected chi connectivity index (χ2v) is 4.29. The predicted molar refractivity (Wildman–Crippen MR) is 63.1 cm³/mol. The van der Waals surface area contributed by atoms with Gasteiger partial charge in [-0.15, -0.1) is 0 Å². The molecule has 0 heterocycles. The van der Waals surface area contributed by atoms with Gasteiger partial charge in [0.15, 0.2) is 0 Å². The van der Waals surface area contributed by atoms with Crippen molar-refractivity contribution in [1.29, 1.82) is 0 Å². The van der Waals surface area contributed by atoms with Gasteiger partial charge in [-0.2, -0.15) is 0 Å². The van der Waals surface area contributed by atoms with Crippen LogP contribution in [-0.4, -0.2) is 13.3 Å².